The summed E-state index contributed by atoms with van der Waals surface area (Å²) in [5.74, 6) is 1.32. The van der Waals surface area contributed by atoms with Crippen molar-refractivity contribution < 1.29 is 13.9 Å². The fourth-order valence-corrected chi connectivity index (χ4v) is 9.52. The molecule has 4 heteroatoms. The van der Waals surface area contributed by atoms with Crippen molar-refractivity contribution in [2.24, 2.45) is 13.0 Å². The standard InChI is InChI=1S/C50H55N3O/c1-10-53-42-26-22-35-16-12-14-18-40(35)46(42)50(6,7)44(53)28-24-37-20-19-36(48(37)54-47(33(2)3)38-29-31-51(8)32-30-38)23-27-43-49(4,5)45-39-17-13-11-15-34(39)21-25-41(45)52(43)9/h11-18,21-33,47H,10,19-20H2,1-9H3/q+2. The first-order valence-electron chi connectivity index (χ1n) is 19.8. The highest BCUT2D eigenvalue weighted by atomic mass is 16.5. The van der Waals surface area contributed by atoms with Gasteiger partial charge < -0.3 is 9.64 Å². The van der Waals surface area contributed by atoms with Gasteiger partial charge >= 0.3 is 0 Å². The van der Waals surface area contributed by atoms with Gasteiger partial charge in [0.1, 0.15) is 26.0 Å². The minimum atomic E-state index is -0.151. The Labute approximate surface area is 322 Å². The first-order valence-corrected chi connectivity index (χ1v) is 19.8. The first kappa shape index (κ1) is 35.8. The van der Waals surface area contributed by atoms with Gasteiger partial charge in [-0.25, -0.2) is 4.57 Å². The summed E-state index contributed by atoms with van der Waals surface area (Å²) in [4.78, 5) is 2.51. The lowest BCUT2D eigenvalue weighted by molar-refractivity contribution is -0.671. The molecule has 5 aromatic rings. The number of hydrogen-bond donors (Lipinski definition) is 0. The van der Waals surface area contributed by atoms with E-state index < -0.39 is 0 Å². The van der Waals surface area contributed by atoms with Gasteiger partial charge in [0.25, 0.3) is 0 Å². The number of rotatable bonds is 8. The number of anilines is 1. The van der Waals surface area contributed by atoms with Crippen LogP contribution in [0.15, 0.2) is 144 Å². The zero-order chi connectivity index (χ0) is 37.9. The molecular weight excluding hydrogens is 659 g/mol. The number of benzene rings is 4. The molecule has 1 aliphatic carbocycles. The average Bonchev–Trinajstić information content (AvgIpc) is 3.72. The van der Waals surface area contributed by atoms with Crippen LogP contribution in [0.3, 0.4) is 0 Å². The summed E-state index contributed by atoms with van der Waals surface area (Å²) in [6.07, 6.45) is 15.5. The molecule has 0 saturated heterocycles. The second-order valence-corrected chi connectivity index (χ2v) is 16.8. The van der Waals surface area contributed by atoms with E-state index in [4.69, 9.17) is 4.74 Å². The molecule has 4 nitrogen and oxygen atoms in total. The van der Waals surface area contributed by atoms with Crippen LogP contribution < -0.4 is 9.47 Å². The zero-order valence-electron chi connectivity index (χ0n) is 33.6. The third-order valence-electron chi connectivity index (χ3n) is 12.3. The van der Waals surface area contributed by atoms with Crippen molar-refractivity contribution >= 4 is 38.6 Å². The fourth-order valence-electron chi connectivity index (χ4n) is 9.52. The van der Waals surface area contributed by atoms with E-state index in [2.05, 4.69) is 198 Å². The number of aromatic nitrogens is 1. The molecular formula is C50H55N3O+2. The van der Waals surface area contributed by atoms with Crippen molar-refractivity contribution in [3.63, 3.8) is 0 Å². The monoisotopic (exact) mass is 713 g/mol. The SMILES string of the molecule is CCN1/C(=C/C=C2\CCC(/C=C/C3=[N+](C)c4ccc5ccccc5c4C3(C)C)=C2OC(c2cc[n+](C)cc2)C(C)C)C(C)(C)c2c1ccc1ccccc21. The lowest BCUT2D eigenvalue weighted by atomic mass is 9.79. The molecule has 4 aromatic carbocycles. The number of likely N-dealkylation sites (N-methyl/N-ethyl adjacent to an activating group) is 1. The Morgan fingerprint density at radius 2 is 1.39 bits per heavy atom. The molecule has 1 unspecified atom stereocenters. The van der Waals surface area contributed by atoms with Crippen LogP contribution in [0.2, 0.25) is 0 Å². The molecule has 2 aliphatic heterocycles. The molecule has 274 valence electrons. The summed E-state index contributed by atoms with van der Waals surface area (Å²) >= 11 is 0. The first-order chi connectivity index (χ1) is 25.9. The third-order valence-corrected chi connectivity index (χ3v) is 12.3. The average molecular weight is 714 g/mol. The van der Waals surface area contributed by atoms with E-state index in [1.54, 1.807) is 0 Å². The van der Waals surface area contributed by atoms with Crippen LogP contribution in [0.4, 0.5) is 11.4 Å². The molecule has 1 atom stereocenters. The number of fused-ring (bicyclic) bond motifs is 6. The molecule has 0 fully saturated rings. The third kappa shape index (κ3) is 5.82. The van der Waals surface area contributed by atoms with Crippen LogP contribution in [0.5, 0.6) is 0 Å². The van der Waals surface area contributed by atoms with Crippen molar-refractivity contribution in [3.05, 3.63) is 161 Å². The van der Waals surface area contributed by atoms with Gasteiger partial charge in [-0.15, -0.1) is 0 Å². The van der Waals surface area contributed by atoms with Gasteiger partial charge in [0, 0.05) is 58.7 Å². The Hall–Kier alpha value is -5.22. The molecule has 0 saturated carbocycles. The molecule has 1 aromatic heterocycles. The van der Waals surface area contributed by atoms with Gasteiger partial charge in [-0.05, 0) is 102 Å². The van der Waals surface area contributed by atoms with Gasteiger partial charge in [0.05, 0.1) is 5.41 Å². The molecule has 0 bridgehead atoms. The maximum absolute atomic E-state index is 7.26. The summed E-state index contributed by atoms with van der Waals surface area (Å²) in [5.41, 5.74) is 11.5. The molecule has 0 spiro atoms. The molecule has 0 amide bonds. The van der Waals surface area contributed by atoms with Crippen molar-refractivity contribution in [2.75, 3.05) is 18.5 Å². The highest BCUT2D eigenvalue weighted by molar-refractivity contribution is 6.07. The predicted molar refractivity (Wildman–Crippen MR) is 226 cm³/mol. The number of allylic oxidation sites excluding steroid dienone is 7. The normalized spacial score (nSPS) is 19.7. The van der Waals surface area contributed by atoms with Gasteiger partial charge in [-0.1, -0.05) is 88.4 Å². The maximum Gasteiger partial charge on any atom is 0.210 e. The van der Waals surface area contributed by atoms with Crippen molar-refractivity contribution in [1.29, 1.82) is 0 Å². The Morgan fingerprint density at radius 1 is 0.741 bits per heavy atom. The number of pyridine rings is 1. The van der Waals surface area contributed by atoms with Gasteiger partial charge in [-0.2, -0.15) is 4.58 Å². The second kappa shape index (κ2) is 13.6. The van der Waals surface area contributed by atoms with Crippen LogP contribution in [-0.4, -0.2) is 23.9 Å². The Balaban J connectivity index is 1.22. The predicted octanol–water partition coefficient (Wildman–Crippen LogP) is 11.5. The lowest BCUT2D eigenvalue weighted by Gasteiger charge is -2.26. The van der Waals surface area contributed by atoms with E-state index in [9.17, 15) is 0 Å². The van der Waals surface area contributed by atoms with E-state index in [1.807, 2.05) is 0 Å². The Morgan fingerprint density at radius 3 is 2.06 bits per heavy atom. The Kier molecular flexibility index (Phi) is 8.99. The molecule has 0 N–H and O–H groups in total. The number of hydrogen-bond acceptors (Lipinski definition) is 2. The van der Waals surface area contributed by atoms with Crippen LogP contribution in [-0.2, 0) is 22.6 Å². The van der Waals surface area contributed by atoms with E-state index in [-0.39, 0.29) is 16.9 Å². The summed E-state index contributed by atoms with van der Waals surface area (Å²) < 4.78 is 11.7. The Bertz CT molecular complexity index is 2450. The van der Waals surface area contributed by atoms with Crippen LogP contribution in [0.25, 0.3) is 21.5 Å². The van der Waals surface area contributed by atoms with Gasteiger partial charge in [0.2, 0.25) is 5.69 Å². The van der Waals surface area contributed by atoms with Gasteiger partial charge in [0.15, 0.2) is 18.1 Å². The van der Waals surface area contributed by atoms with Crippen LogP contribution in [0.1, 0.15) is 84.1 Å². The van der Waals surface area contributed by atoms with Crippen molar-refractivity contribution in [2.45, 2.75) is 78.2 Å². The number of aryl methyl sites for hydroxylation is 1. The fraction of sp³-hybridized carbons (Fsp3) is 0.320. The van der Waals surface area contributed by atoms with E-state index in [1.165, 1.54) is 72.2 Å². The smallest absolute Gasteiger partial charge is 0.210 e. The van der Waals surface area contributed by atoms with E-state index in [0.29, 0.717) is 5.92 Å². The van der Waals surface area contributed by atoms with Crippen LogP contribution in [0, 0.1) is 5.92 Å². The van der Waals surface area contributed by atoms with Crippen LogP contribution >= 0.6 is 0 Å². The summed E-state index contributed by atoms with van der Waals surface area (Å²) in [6.45, 7) is 17.2. The van der Waals surface area contributed by atoms with E-state index in [0.717, 1.165) is 25.1 Å². The summed E-state index contributed by atoms with van der Waals surface area (Å²) in [7, 11) is 4.28. The minimum Gasteiger partial charge on any atom is -0.485 e. The zero-order valence-corrected chi connectivity index (χ0v) is 33.6. The van der Waals surface area contributed by atoms with Crippen molar-refractivity contribution in [3.8, 4) is 0 Å². The van der Waals surface area contributed by atoms with Crippen molar-refractivity contribution in [1.82, 2.24) is 0 Å². The quantitative estimate of drug-likeness (QED) is 0.149. The second-order valence-electron chi connectivity index (χ2n) is 16.8. The molecule has 3 aliphatic rings. The van der Waals surface area contributed by atoms with E-state index >= 15 is 0 Å². The molecule has 8 rings (SSSR count). The highest BCUT2D eigenvalue weighted by Gasteiger charge is 2.44. The largest absolute Gasteiger partial charge is 0.485 e. The lowest BCUT2D eigenvalue weighted by Crippen LogP contribution is -2.27. The molecule has 3 heterocycles. The summed E-state index contributed by atoms with van der Waals surface area (Å²) in [6, 6.07) is 31.2. The molecule has 54 heavy (non-hydrogen) atoms. The van der Waals surface area contributed by atoms with Gasteiger partial charge in [-0.3, -0.25) is 0 Å². The maximum atomic E-state index is 7.26. The highest BCUT2D eigenvalue weighted by Crippen LogP contribution is 2.51. The number of nitrogens with zero attached hydrogens (tertiary/aromatic N) is 3. The topological polar surface area (TPSA) is 19.4 Å². The minimum absolute atomic E-state index is 0.0710. The molecule has 0 radical (unpaired) electrons. The summed E-state index contributed by atoms with van der Waals surface area (Å²) in [5, 5.41) is 5.26. The number of ether oxygens (including phenoxy) is 1.